The minimum atomic E-state index is 0.274. The first-order chi connectivity index (χ1) is 13.2. The molecule has 6 nitrogen and oxygen atoms in total. The lowest BCUT2D eigenvalue weighted by Gasteiger charge is -2.37. The van der Waals surface area contributed by atoms with E-state index in [1.165, 1.54) is 5.56 Å². The fourth-order valence-corrected chi connectivity index (χ4v) is 4.26. The van der Waals surface area contributed by atoms with Gasteiger partial charge in [0.25, 0.3) is 0 Å². The molecule has 3 aliphatic heterocycles. The summed E-state index contributed by atoms with van der Waals surface area (Å²) in [6, 6.07) is 8.87. The third-order valence-electron chi connectivity index (χ3n) is 5.84. The SMILES string of the molecule is Cc1ccc2cc1-c1cnn3ccc(nc13)NCCN1CC[C@@H](C[C@@H]1C)O2. The molecule has 1 unspecified atom stereocenters. The zero-order valence-electron chi connectivity index (χ0n) is 15.9. The fraction of sp³-hybridized carbons (Fsp3) is 0.429. The van der Waals surface area contributed by atoms with Crippen molar-refractivity contribution in [1.29, 1.82) is 0 Å². The molecule has 6 rings (SSSR count). The molecule has 0 aliphatic carbocycles. The monoisotopic (exact) mass is 363 g/mol. The second-order valence-corrected chi connectivity index (χ2v) is 7.69. The zero-order chi connectivity index (χ0) is 18.4. The van der Waals surface area contributed by atoms with E-state index >= 15 is 0 Å². The minimum Gasteiger partial charge on any atom is -0.490 e. The number of piperidine rings is 1. The van der Waals surface area contributed by atoms with E-state index in [9.17, 15) is 0 Å². The van der Waals surface area contributed by atoms with Gasteiger partial charge in [-0.25, -0.2) is 9.50 Å². The normalized spacial score (nSPS) is 24.9. The van der Waals surface area contributed by atoms with Crippen LogP contribution in [0.4, 0.5) is 5.82 Å². The van der Waals surface area contributed by atoms with E-state index in [4.69, 9.17) is 9.72 Å². The Morgan fingerprint density at radius 1 is 1.19 bits per heavy atom. The van der Waals surface area contributed by atoms with Crippen LogP contribution < -0.4 is 10.1 Å². The first-order valence-corrected chi connectivity index (χ1v) is 9.77. The number of ether oxygens (including phenoxy) is 1. The molecule has 140 valence electrons. The molecule has 27 heavy (non-hydrogen) atoms. The number of hydrogen-bond acceptors (Lipinski definition) is 5. The molecule has 0 radical (unpaired) electrons. The summed E-state index contributed by atoms with van der Waals surface area (Å²) in [5, 5.41) is 7.97. The Bertz CT molecular complexity index is 982. The zero-order valence-corrected chi connectivity index (χ0v) is 15.9. The maximum atomic E-state index is 6.38. The summed E-state index contributed by atoms with van der Waals surface area (Å²) < 4.78 is 8.22. The molecule has 6 bridgehead atoms. The van der Waals surface area contributed by atoms with Gasteiger partial charge in [-0.2, -0.15) is 5.10 Å². The summed E-state index contributed by atoms with van der Waals surface area (Å²) in [6.07, 6.45) is 6.27. The lowest BCUT2D eigenvalue weighted by molar-refractivity contribution is 0.0658. The molecule has 1 N–H and O–H groups in total. The van der Waals surface area contributed by atoms with Crippen molar-refractivity contribution in [1.82, 2.24) is 19.5 Å². The molecule has 1 fully saturated rings. The van der Waals surface area contributed by atoms with Crippen LogP contribution >= 0.6 is 0 Å². The van der Waals surface area contributed by atoms with Crippen LogP contribution in [0.25, 0.3) is 16.8 Å². The van der Waals surface area contributed by atoms with Gasteiger partial charge in [0.1, 0.15) is 17.7 Å². The van der Waals surface area contributed by atoms with Crippen molar-refractivity contribution in [2.45, 2.75) is 38.8 Å². The first kappa shape index (κ1) is 16.6. The van der Waals surface area contributed by atoms with Gasteiger partial charge in [-0.1, -0.05) is 6.07 Å². The van der Waals surface area contributed by atoms with Gasteiger partial charge in [-0.3, -0.25) is 4.90 Å². The lowest BCUT2D eigenvalue weighted by atomic mass is 10.00. The van der Waals surface area contributed by atoms with Crippen molar-refractivity contribution in [3.8, 4) is 16.9 Å². The van der Waals surface area contributed by atoms with E-state index in [0.29, 0.717) is 6.04 Å². The largest absolute Gasteiger partial charge is 0.490 e. The van der Waals surface area contributed by atoms with Gasteiger partial charge in [0.15, 0.2) is 5.65 Å². The Morgan fingerprint density at radius 2 is 2.11 bits per heavy atom. The molecule has 2 aromatic heterocycles. The molecule has 5 heterocycles. The highest BCUT2D eigenvalue weighted by atomic mass is 16.5. The predicted octanol–water partition coefficient (Wildman–Crippen LogP) is 3.36. The summed E-state index contributed by atoms with van der Waals surface area (Å²) in [5.74, 6) is 1.83. The van der Waals surface area contributed by atoms with Crippen LogP contribution in [0.1, 0.15) is 25.3 Å². The Labute approximate surface area is 159 Å². The highest BCUT2D eigenvalue weighted by molar-refractivity contribution is 5.80. The van der Waals surface area contributed by atoms with Gasteiger partial charge in [-0.15, -0.1) is 0 Å². The summed E-state index contributed by atoms with van der Waals surface area (Å²) in [5.41, 5.74) is 4.24. The van der Waals surface area contributed by atoms with E-state index in [-0.39, 0.29) is 6.10 Å². The number of fused-ring (bicyclic) bond motifs is 4. The number of benzene rings is 1. The van der Waals surface area contributed by atoms with Crippen molar-refractivity contribution in [2.75, 3.05) is 25.0 Å². The summed E-state index contributed by atoms with van der Waals surface area (Å²) in [7, 11) is 0. The van der Waals surface area contributed by atoms with E-state index in [0.717, 1.165) is 60.8 Å². The summed E-state index contributed by atoms with van der Waals surface area (Å²) in [6.45, 7) is 7.40. The number of hydrogen-bond donors (Lipinski definition) is 1. The summed E-state index contributed by atoms with van der Waals surface area (Å²) >= 11 is 0. The molecule has 0 amide bonds. The van der Waals surface area contributed by atoms with Crippen molar-refractivity contribution >= 4 is 11.5 Å². The second-order valence-electron chi connectivity index (χ2n) is 7.69. The molecule has 0 spiro atoms. The van der Waals surface area contributed by atoms with Gasteiger partial charge in [-0.05, 0) is 56.0 Å². The fourth-order valence-electron chi connectivity index (χ4n) is 4.26. The molecule has 1 aromatic carbocycles. The Kier molecular flexibility index (Phi) is 4.01. The van der Waals surface area contributed by atoms with E-state index < -0.39 is 0 Å². The van der Waals surface area contributed by atoms with Crippen LogP contribution in [0, 0.1) is 6.92 Å². The standard InChI is InChI=1S/C21H25N5O/c1-14-3-4-16-12-18(14)19-13-23-26-9-6-20(24-21(19)26)22-7-10-25-8-5-17(27-16)11-15(25)2/h3-4,6,9,12-13,15,17H,5,7-8,10-11H2,1-2H3,(H,22,24)/t15-,17-/m0/s1. The van der Waals surface area contributed by atoms with Crippen molar-refractivity contribution in [3.05, 3.63) is 42.2 Å². The average Bonchev–Trinajstić information content (AvgIpc) is 3.07. The van der Waals surface area contributed by atoms with Gasteiger partial charge in [0.2, 0.25) is 0 Å². The molecule has 3 atom stereocenters. The van der Waals surface area contributed by atoms with Gasteiger partial charge < -0.3 is 10.1 Å². The molecule has 3 aliphatic rings. The van der Waals surface area contributed by atoms with Crippen molar-refractivity contribution in [3.63, 3.8) is 0 Å². The number of anilines is 1. The maximum Gasteiger partial charge on any atom is 0.165 e. The number of aromatic nitrogens is 3. The molecule has 1 saturated heterocycles. The number of aryl methyl sites for hydroxylation is 1. The molecule has 0 saturated carbocycles. The predicted molar refractivity (Wildman–Crippen MR) is 106 cm³/mol. The van der Waals surface area contributed by atoms with Gasteiger partial charge in [0, 0.05) is 37.4 Å². The molecular formula is C21H25N5O. The number of nitrogens with zero attached hydrogens (tertiary/aromatic N) is 4. The Morgan fingerprint density at radius 3 is 3.00 bits per heavy atom. The Balaban J connectivity index is 1.63. The molecule has 6 heteroatoms. The number of nitrogens with one attached hydrogen (secondary N) is 1. The highest BCUT2D eigenvalue weighted by Gasteiger charge is 2.26. The van der Waals surface area contributed by atoms with Crippen LogP contribution in [-0.4, -0.2) is 51.3 Å². The average molecular weight is 363 g/mol. The third-order valence-corrected chi connectivity index (χ3v) is 5.84. The second kappa shape index (κ2) is 6.53. The van der Waals surface area contributed by atoms with Crippen molar-refractivity contribution in [2.24, 2.45) is 0 Å². The van der Waals surface area contributed by atoms with Crippen LogP contribution in [-0.2, 0) is 0 Å². The minimum absolute atomic E-state index is 0.274. The summed E-state index contributed by atoms with van der Waals surface area (Å²) in [4.78, 5) is 7.37. The van der Waals surface area contributed by atoms with Gasteiger partial charge >= 0.3 is 0 Å². The molecule has 3 aromatic rings. The van der Waals surface area contributed by atoms with E-state index in [1.807, 2.05) is 23.0 Å². The van der Waals surface area contributed by atoms with Crippen LogP contribution in [0.2, 0.25) is 0 Å². The maximum absolute atomic E-state index is 6.38. The van der Waals surface area contributed by atoms with Crippen LogP contribution in [0.5, 0.6) is 5.75 Å². The topological polar surface area (TPSA) is 54.7 Å². The first-order valence-electron chi connectivity index (χ1n) is 9.77. The Hall–Kier alpha value is -2.60. The van der Waals surface area contributed by atoms with Crippen molar-refractivity contribution < 1.29 is 4.74 Å². The van der Waals surface area contributed by atoms with E-state index in [1.54, 1.807) is 0 Å². The smallest absolute Gasteiger partial charge is 0.165 e. The highest BCUT2D eigenvalue weighted by Crippen LogP contribution is 2.32. The molecular weight excluding hydrogens is 338 g/mol. The quantitative estimate of drug-likeness (QED) is 0.664. The third kappa shape index (κ3) is 3.04. The van der Waals surface area contributed by atoms with Gasteiger partial charge in [0.05, 0.1) is 6.20 Å². The lowest BCUT2D eigenvalue weighted by Crippen LogP contribution is -2.46. The number of rotatable bonds is 0. The van der Waals surface area contributed by atoms with E-state index in [2.05, 4.69) is 47.4 Å². The van der Waals surface area contributed by atoms with Crippen LogP contribution in [0.3, 0.4) is 0 Å². The van der Waals surface area contributed by atoms with Crippen LogP contribution in [0.15, 0.2) is 36.7 Å².